The molecule has 1 fully saturated rings. The van der Waals surface area contributed by atoms with Crippen LogP contribution < -0.4 is 5.32 Å². The van der Waals surface area contributed by atoms with Gasteiger partial charge in [0.15, 0.2) is 0 Å². The van der Waals surface area contributed by atoms with Crippen molar-refractivity contribution in [2.24, 2.45) is 17.3 Å². The predicted octanol–water partition coefficient (Wildman–Crippen LogP) is 4.36. The lowest BCUT2D eigenvalue weighted by atomic mass is 9.68. The molecule has 0 bridgehead atoms. The summed E-state index contributed by atoms with van der Waals surface area (Å²) in [5.41, 5.74) is 0.138. The van der Waals surface area contributed by atoms with E-state index in [4.69, 9.17) is 11.6 Å². The molecule has 0 spiro atoms. The number of nitrogens with one attached hydrogen (secondary N) is 1. The van der Waals surface area contributed by atoms with E-state index in [0.717, 1.165) is 25.7 Å². The molecular weight excluding hydrogens is 258 g/mol. The van der Waals surface area contributed by atoms with Crippen molar-refractivity contribution in [2.75, 3.05) is 6.54 Å². The van der Waals surface area contributed by atoms with Gasteiger partial charge >= 0.3 is 0 Å². The van der Waals surface area contributed by atoms with Gasteiger partial charge in [-0.05, 0) is 24.2 Å². The smallest absolute Gasteiger partial charge is 0.223 e. The quantitative estimate of drug-likeness (QED) is 0.723. The molecular formula is C16H30ClNO. The van der Waals surface area contributed by atoms with Crippen LogP contribution in [0.1, 0.15) is 66.2 Å². The third kappa shape index (κ3) is 4.66. The summed E-state index contributed by atoms with van der Waals surface area (Å²) in [5.74, 6) is 0.870. The van der Waals surface area contributed by atoms with E-state index in [2.05, 4.69) is 33.0 Å². The fourth-order valence-electron chi connectivity index (χ4n) is 3.27. The van der Waals surface area contributed by atoms with Gasteiger partial charge in [0.05, 0.1) is 5.38 Å². The molecule has 1 N–H and O–H groups in total. The lowest BCUT2D eigenvalue weighted by molar-refractivity contribution is -0.130. The Kier molecular flexibility index (Phi) is 6.65. The predicted molar refractivity (Wildman–Crippen MR) is 82.5 cm³/mol. The summed E-state index contributed by atoms with van der Waals surface area (Å²) in [6.45, 7) is 9.37. The maximum Gasteiger partial charge on any atom is 0.223 e. The van der Waals surface area contributed by atoms with Gasteiger partial charge in [0, 0.05) is 12.5 Å². The second-order valence-electron chi connectivity index (χ2n) is 6.62. The first-order valence-corrected chi connectivity index (χ1v) is 8.27. The Morgan fingerprint density at radius 3 is 2.47 bits per heavy atom. The van der Waals surface area contributed by atoms with Crippen LogP contribution in [0, 0.1) is 17.3 Å². The number of carbonyl (C=O) groups is 1. The van der Waals surface area contributed by atoms with Gasteiger partial charge in [0.1, 0.15) is 0 Å². The van der Waals surface area contributed by atoms with E-state index in [1.54, 1.807) is 0 Å². The second kappa shape index (κ2) is 7.52. The molecule has 2 nitrogen and oxygen atoms in total. The van der Waals surface area contributed by atoms with Gasteiger partial charge in [-0.1, -0.05) is 53.4 Å². The first-order chi connectivity index (χ1) is 8.92. The van der Waals surface area contributed by atoms with Crippen molar-refractivity contribution < 1.29 is 4.79 Å². The summed E-state index contributed by atoms with van der Waals surface area (Å²) in [4.78, 5) is 12.3. The van der Waals surface area contributed by atoms with Crippen molar-refractivity contribution in [3.05, 3.63) is 0 Å². The van der Waals surface area contributed by atoms with E-state index >= 15 is 0 Å². The highest BCUT2D eigenvalue weighted by Gasteiger charge is 2.37. The average Bonchev–Trinajstić information content (AvgIpc) is 2.37. The van der Waals surface area contributed by atoms with E-state index in [9.17, 15) is 4.79 Å². The number of rotatable bonds is 6. The third-order valence-corrected chi connectivity index (χ3v) is 5.37. The summed E-state index contributed by atoms with van der Waals surface area (Å²) in [6, 6.07) is 0. The summed E-state index contributed by atoms with van der Waals surface area (Å²) in [6.07, 6.45) is 6.77. The number of hydrogen-bond acceptors (Lipinski definition) is 1. The maximum absolute atomic E-state index is 12.3. The summed E-state index contributed by atoms with van der Waals surface area (Å²) in [7, 11) is 0. The molecule has 1 saturated carbocycles. The fraction of sp³-hybridized carbons (Fsp3) is 0.938. The molecule has 19 heavy (non-hydrogen) atoms. The monoisotopic (exact) mass is 287 g/mol. The zero-order valence-corrected chi connectivity index (χ0v) is 13.7. The van der Waals surface area contributed by atoms with E-state index in [1.165, 1.54) is 12.8 Å². The van der Waals surface area contributed by atoms with Crippen molar-refractivity contribution in [1.29, 1.82) is 0 Å². The van der Waals surface area contributed by atoms with Crippen LogP contribution >= 0.6 is 11.6 Å². The van der Waals surface area contributed by atoms with Crippen molar-refractivity contribution in [2.45, 2.75) is 71.6 Å². The molecule has 1 aliphatic carbocycles. The van der Waals surface area contributed by atoms with Gasteiger partial charge in [0.25, 0.3) is 0 Å². The van der Waals surface area contributed by atoms with Crippen LogP contribution in [-0.2, 0) is 4.79 Å². The molecule has 2 unspecified atom stereocenters. The van der Waals surface area contributed by atoms with Gasteiger partial charge < -0.3 is 5.32 Å². The molecule has 1 amide bonds. The number of hydrogen-bond donors (Lipinski definition) is 1. The Bertz CT molecular complexity index is 286. The highest BCUT2D eigenvalue weighted by atomic mass is 35.5. The minimum atomic E-state index is 0.0608. The normalized spacial score (nSPS) is 24.2. The van der Waals surface area contributed by atoms with Crippen molar-refractivity contribution in [1.82, 2.24) is 5.32 Å². The van der Waals surface area contributed by atoms with Gasteiger partial charge in [-0.2, -0.15) is 0 Å². The molecule has 0 aromatic heterocycles. The van der Waals surface area contributed by atoms with E-state index in [1.807, 2.05) is 0 Å². The minimum absolute atomic E-state index is 0.0608. The molecule has 112 valence electrons. The highest BCUT2D eigenvalue weighted by molar-refractivity contribution is 6.21. The standard InChI is InChI=1S/C16H30ClNO/c1-5-12(6-2)14(17)11-18-15(19)13-9-7-8-10-16(13,3)4/h12-14H,5-11H2,1-4H3,(H,18,19). The first kappa shape index (κ1) is 16.8. The molecule has 3 heteroatoms. The van der Waals surface area contributed by atoms with Crippen LogP contribution in [0.5, 0.6) is 0 Å². The topological polar surface area (TPSA) is 29.1 Å². The van der Waals surface area contributed by atoms with Crippen LogP contribution in [-0.4, -0.2) is 17.8 Å². The van der Waals surface area contributed by atoms with Gasteiger partial charge in [0.2, 0.25) is 5.91 Å². The largest absolute Gasteiger partial charge is 0.354 e. The lowest BCUT2D eigenvalue weighted by Gasteiger charge is -2.37. The van der Waals surface area contributed by atoms with E-state index in [-0.39, 0.29) is 22.6 Å². The molecule has 0 radical (unpaired) electrons. The van der Waals surface area contributed by atoms with Crippen molar-refractivity contribution in [3.8, 4) is 0 Å². The minimum Gasteiger partial charge on any atom is -0.354 e. The molecule has 1 rings (SSSR count). The van der Waals surface area contributed by atoms with Gasteiger partial charge in [-0.15, -0.1) is 11.6 Å². The Morgan fingerprint density at radius 2 is 1.95 bits per heavy atom. The lowest BCUT2D eigenvalue weighted by Crippen LogP contribution is -2.43. The van der Waals surface area contributed by atoms with Crippen LogP contribution in [0.25, 0.3) is 0 Å². The molecule has 0 aliphatic heterocycles. The molecule has 0 saturated heterocycles. The maximum atomic E-state index is 12.3. The number of carbonyl (C=O) groups excluding carboxylic acids is 1. The van der Waals surface area contributed by atoms with Crippen LogP contribution in [0.4, 0.5) is 0 Å². The van der Waals surface area contributed by atoms with Crippen LogP contribution in [0.2, 0.25) is 0 Å². The average molecular weight is 288 g/mol. The molecule has 2 atom stereocenters. The number of amides is 1. The van der Waals surface area contributed by atoms with Crippen molar-refractivity contribution >= 4 is 17.5 Å². The number of halogens is 1. The van der Waals surface area contributed by atoms with Crippen LogP contribution in [0.15, 0.2) is 0 Å². The highest BCUT2D eigenvalue weighted by Crippen LogP contribution is 2.40. The Morgan fingerprint density at radius 1 is 1.32 bits per heavy atom. The van der Waals surface area contributed by atoms with Crippen LogP contribution in [0.3, 0.4) is 0 Å². The van der Waals surface area contributed by atoms with E-state index in [0.29, 0.717) is 12.5 Å². The third-order valence-electron chi connectivity index (χ3n) is 4.86. The summed E-state index contributed by atoms with van der Waals surface area (Å²) >= 11 is 6.39. The number of alkyl halides is 1. The Hall–Kier alpha value is -0.240. The molecule has 0 aromatic carbocycles. The van der Waals surface area contributed by atoms with E-state index < -0.39 is 0 Å². The first-order valence-electron chi connectivity index (χ1n) is 7.84. The Balaban J connectivity index is 2.46. The zero-order valence-electron chi connectivity index (χ0n) is 13.0. The van der Waals surface area contributed by atoms with Gasteiger partial charge in [-0.25, -0.2) is 0 Å². The zero-order chi connectivity index (χ0) is 14.5. The summed E-state index contributed by atoms with van der Waals surface area (Å²) < 4.78 is 0. The summed E-state index contributed by atoms with van der Waals surface area (Å²) in [5, 5.41) is 3.15. The molecule has 0 heterocycles. The molecule has 1 aliphatic rings. The molecule has 0 aromatic rings. The second-order valence-corrected chi connectivity index (χ2v) is 7.19. The van der Waals surface area contributed by atoms with Gasteiger partial charge in [-0.3, -0.25) is 4.79 Å². The SMILES string of the molecule is CCC(CC)C(Cl)CNC(=O)C1CCCCC1(C)C. The van der Waals surface area contributed by atoms with Crippen molar-refractivity contribution in [3.63, 3.8) is 0 Å². The Labute approximate surface area is 123 Å². The fourth-order valence-corrected chi connectivity index (χ4v) is 3.70.